The standard InChI is InChI=1S/C27H33N3O7/c1-5-37-27(34)22-16(2)20(17(3)28-22)24(31)21-23(18-6-8-19(35-4)9-7-18)30(26(33)25(21)32)11-10-29-12-14-36-15-13-29/h6-9,23,28,31H,5,10-15H2,1-4H3. The Hall–Kier alpha value is -3.63. The van der Waals surface area contributed by atoms with E-state index in [-0.39, 0.29) is 23.6 Å². The quantitative estimate of drug-likeness (QED) is 0.240. The molecule has 0 spiro atoms. The predicted octanol–water partition coefficient (Wildman–Crippen LogP) is 2.57. The van der Waals surface area contributed by atoms with Gasteiger partial charge >= 0.3 is 5.97 Å². The number of aromatic nitrogens is 1. The fraction of sp³-hybridized carbons (Fsp3) is 0.444. The summed E-state index contributed by atoms with van der Waals surface area (Å²) in [6, 6.07) is 6.27. The van der Waals surface area contributed by atoms with Gasteiger partial charge in [-0.15, -0.1) is 0 Å². The number of benzene rings is 1. The maximum absolute atomic E-state index is 13.4. The Morgan fingerprint density at radius 1 is 1.14 bits per heavy atom. The number of H-pyrrole nitrogens is 1. The number of ether oxygens (including phenoxy) is 3. The van der Waals surface area contributed by atoms with Gasteiger partial charge in [0, 0.05) is 37.4 Å². The first-order chi connectivity index (χ1) is 17.8. The first kappa shape index (κ1) is 26.4. The molecule has 198 valence electrons. The molecule has 0 aliphatic carbocycles. The lowest BCUT2D eigenvalue weighted by Gasteiger charge is -2.31. The molecule has 4 rings (SSSR count). The van der Waals surface area contributed by atoms with Crippen molar-refractivity contribution in [3.05, 3.63) is 57.9 Å². The molecule has 1 unspecified atom stereocenters. The lowest BCUT2D eigenvalue weighted by atomic mass is 9.94. The number of rotatable bonds is 8. The molecule has 37 heavy (non-hydrogen) atoms. The van der Waals surface area contributed by atoms with Crippen molar-refractivity contribution in [2.45, 2.75) is 26.8 Å². The van der Waals surface area contributed by atoms with Crippen LogP contribution < -0.4 is 4.74 Å². The average Bonchev–Trinajstić information content (AvgIpc) is 3.34. The third kappa shape index (κ3) is 5.12. The summed E-state index contributed by atoms with van der Waals surface area (Å²) in [7, 11) is 1.56. The van der Waals surface area contributed by atoms with Crippen LogP contribution in [0.4, 0.5) is 0 Å². The molecule has 10 heteroatoms. The number of amides is 1. The van der Waals surface area contributed by atoms with E-state index in [4.69, 9.17) is 14.2 Å². The number of carbonyl (C=O) groups excluding carboxylic acids is 3. The van der Waals surface area contributed by atoms with E-state index in [0.29, 0.717) is 54.4 Å². The molecule has 0 saturated carbocycles. The van der Waals surface area contributed by atoms with Crippen molar-refractivity contribution in [1.29, 1.82) is 0 Å². The Bertz CT molecular complexity index is 1210. The monoisotopic (exact) mass is 511 g/mol. The highest BCUT2D eigenvalue weighted by Crippen LogP contribution is 2.41. The lowest BCUT2D eigenvalue weighted by molar-refractivity contribution is -0.140. The van der Waals surface area contributed by atoms with Gasteiger partial charge in [-0.1, -0.05) is 12.1 Å². The minimum absolute atomic E-state index is 0.0160. The molecule has 0 radical (unpaired) electrons. The van der Waals surface area contributed by atoms with Crippen LogP contribution in [0, 0.1) is 13.8 Å². The molecule has 3 heterocycles. The summed E-state index contributed by atoms with van der Waals surface area (Å²) in [4.78, 5) is 45.7. The second kappa shape index (κ2) is 11.2. The van der Waals surface area contributed by atoms with Gasteiger partial charge in [0.2, 0.25) is 0 Å². The number of Topliss-reactive ketones (excluding diaryl/α,β-unsaturated/α-hetero) is 1. The number of ketones is 1. The summed E-state index contributed by atoms with van der Waals surface area (Å²) in [6.07, 6.45) is 0. The van der Waals surface area contributed by atoms with Gasteiger partial charge in [0.15, 0.2) is 0 Å². The highest BCUT2D eigenvalue weighted by atomic mass is 16.5. The Morgan fingerprint density at radius 3 is 2.43 bits per heavy atom. The molecule has 2 N–H and O–H groups in total. The molecular formula is C27H33N3O7. The molecule has 10 nitrogen and oxygen atoms in total. The molecule has 2 fully saturated rings. The van der Waals surface area contributed by atoms with Gasteiger partial charge in [-0.2, -0.15) is 0 Å². The Labute approximate surface area is 215 Å². The summed E-state index contributed by atoms with van der Waals surface area (Å²) >= 11 is 0. The number of hydrogen-bond acceptors (Lipinski definition) is 8. The van der Waals surface area contributed by atoms with Gasteiger partial charge in [-0.3, -0.25) is 14.5 Å². The number of aromatic amines is 1. The zero-order chi connectivity index (χ0) is 26.7. The lowest BCUT2D eigenvalue weighted by Crippen LogP contribution is -2.42. The molecular weight excluding hydrogens is 478 g/mol. The van der Waals surface area contributed by atoms with Crippen LogP contribution in [0.2, 0.25) is 0 Å². The highest BCUT2D eigenvalue weighted by molar-refractivity contribution is 6.46. The zero-order valence-electron chi connectivity index (χ0n) is 21.6. The third-order valence-corrected chi connectivity index (χ3v) is 6.89. The second-order valence-corrected chi connectivity index (χ2v) is 9.07. The van der Waals surface area contributed by atoms with E-state index in [1.165, 1.54) is 4.90 Å². The molecule has 1 atom stereocenters. The maximum atomic E-state index is 13.4. The number of aliphatic hydroxyl groups is 1. The third-order valence-electron chi connectivity index (χ3n) is 6.89. The van der Waals surface area contributed by atoms with Gasteiger partial charge in [-0.25, -0.2) is 4.79 Å². The van der Waals surface area contributed by atoms with E-state index >= 15 is 0 Å². The number of methoxy groups -OCH3 is 1. The SMILES string of the molecule is CCOC(=O)c1[nH]c(C)c(C(O)=C2C(=O)C(=O)N(CCN3CCOCC3)C2c2ccc(OC)cc2)c1C. The molecule has 0 bridgehead atoms. The zero-order valence-corrected chi connectivity index (χ0v) is 21.6. The van der Waals surface area contributed by atoms with E-state index in [1.54, 1.807) is 52.1 Å². The number of aryl methyl sites for hydroxylation is 1. The molecule has 2 aliphatic heterocycles. The fourth-order valence-corrected chi connectivity index (χ4v) is 4.96. The van der Waals surface area contributed by atoms with Crippen molar-refractivity contribution in [1.82, 2.24) is 14.8 Å². The molecule has 1 aromatic heterocycles. The van der Waals surface area contributed by atoms with Gasteiger partial charge < -0.3 is 29.2 Å². The first-order valence-corrected chi connectivity index (χ1v) is 12.4. The summed E-state index contributed by atoms with van der Waals surface area (Å²) in [5, 5.41) is 11.5. The number of nitrogens with zero attached hydrogens (tertiary/aromatic N) is 2. The fourth-order valence-electron chi connectivity index (χ4n) is 4.96. The van der Waals surface area contributed by atoms with Crippen LogP contribution in [0.25, 0.3) is 5.76 Å². The van der Waals surface area contributed by atoms with Crippen molar-refractivity contribution in [2.75, 3.05) is 53.1 Å². The second-order valence-electron chi connectivity index (χ2n) is 9.07. The summed E-state index contributed by atoms with van der Waals surface area (Å²) in [5.41, 5.74) is 2.10. The first-order valence-electron chi connectivity index (χ1n) is 12.4. The molecule has 2 saturated heterocycles. The van der Waals surface area contributed by atoms with E-state index < -0.39 is 23.7 Å². The Balaban J connectivity index is 1.79. The van der Waals surface area contributed by atoms with E-state index in [9.17, 15) is 19.5 Å². The van der Waals surface area contributed by atoms with Crippen molar-refractivity contribution in [2.24, 2.45) is 0 Å². The summed E-state index contributed by atoms with van der Waals surface area (Å²) < 4.78 is 15.8. The molecule has 1 amide bonds. The Morgan fingerprint density at radius 2 is 1.81 bits per heavy atom. The predicted molar refractivity (Wildman–Crippen MR) is 135 cm³/mol. The van der Waals surface area contributed by atoms with Gasteiger partial charge in [0.1, 0.15) is 17.2 Å². The number of hydrogen-bond donors (Lipinski definition) is 2. The van der Waals surface area contributed by atoms with Gasteiger partial charge in [0.25, 0.3) is 11.7 Å². The van der Waals surface area contributed by atoms with Crippen LogP contribution in [0.1, 0.15) is 45.8 Å². The van der Waals surface area contributed by atoms with Crippen molar-refractivity contribution in [3.63, 3.8) is 0 Å². The van der Waals surface area contributed by atoms with Crippen LogP contribution in [0.5, 0.6) is 5.75 Å². The summed E-state index contributed by atoms with van der Waals surface area (Å²) in [5.74, 6) is -1.69. The topological polar surface area (TPSA) is 121 Å². The minimum atomic E-state index is -0.799. The summed E-state index contributed by atoms with van der Waals surface area (Å²) in [6.45, 7) is 8.87. The highest BCUT2D eigenvalue weighted by Gasteiger charge is 2.46. The normalized spacial score (nSPS) is 19.9. The minimum Gasteiger partial charge on any atom is -0.507 e. The van der Waals surface area contributed by atoms with Crippen LogP contribution in [0.3, 0.4) is 0 Å². The van der Waals surface area contributed by atoms with Crippen LogP contribution in [-0.2, 0) is 19.1 Å². The number of morpholine rings is 1. The van der Waals surface area contributed by atoms with Crippen LogP contribution >= 0.6 is 0 Å². The maximum Gasteiger partial charge on any atom is 0.355 e. The van der Waals surface area contributed by atoms with E-state index in [1.807, 2.05) is 0 Å². The number of esters is 1. The average molecular weight is 512 g/mol. The number of aliphatic hydroxyl groups excluding tert-OH is 1. The number of nitrogens with one attached hydrogen (secondary N) is 1. The van der Waals surface area contributed by atoms with Gasteiger partial charge in [0.05, 0.1) is 38.5 Å². The van der Waals surface area contributed by atoms with Crippen molar-refractivity contribution < 1.29 is 33.7 Å². The van der Waals surface area contributed by atoms with Crippen molar-refractivity contribution >= 4 is 23.4 Å². The molecule has 2 aromatic rings. The van der Waals surface area contributed by atoms with E-state index in [0.717, 1.165) is 13.1 Å². The smallest absolute Gasteiger partial charge is 0.355 e. The van der Waals surface area contributed by atoms with Crippen LogP contribution in [-0.4, -0.2) is 90.7 Å². The number of likely N-dealkylation sites (tertiary alicyclic amines) is 1. The molecule has 2 aliphatic rings. The van der Waals surface area contributed by atoms with E-state index in [2.05, 4.69) is 9.88 Å². The van der Waals surface area contributed by atoms with Crippen LogP contribution in [0.15, 0.2) is 29.8 Å². The largest absolute Gasteiger partial charge is 0.507 e. The number of carbonyl (C=O) groups is 3. The van der Waals surface area contributed by atoms with Gasteiger partial charge in [-0.05, 0) is 44.0 Å². The Kier molecular flexibility index (Phi) is 7.99. The molecule has 1 aromatic carbocycles. The van der Waals surface area contributed by atoms with Crippen molar-refractivity contribution in [3.8, 4) is 5.75 Å².